The van der Waals surface area contributed by atoms with Crippen LogP contribution in [0.3, 0.4) is 0 Å². The Morgan fingerprint density at radius 2 is 2.06 bits per heavy atom. The first-order valence-corrected chi connectivity index (χ1v) is 5.99. The fourth-order valence-electron chi connectivity index (χ4n) is 1.70. The van der Waals surface area contributed by atoms with Gasteiger partial charge in [-0.1, -0.05) is 12.1 Å². The molecule has 0 bridgehead atoms. The fourth-order valence-corrected chi connectivity index (χ4v) is 1.70. The summed E-state index contributed by atoms with van der Waals surface area (Å²) >= 11 is 0. The van der Waals surface area contributed by atoms with Crippen LogP contribution in [0.5, 0.6) is 0 Å². The molecular formula is C13H18N2O2. The summed E-state index contributed by atoms with van der Waals surface area (Å²) in [7, 11) is 0. The van der Waals surface area contributed by atoms with Crippen molar-refractivity contribution in [2.45, 2.75) is 25.4 Å². The van der Waals surface area contributed by atoms with E-state index in [0.717, 1.165) is 24.1 Å². The Balaban J connectivity index is 1.94. The van der Waals surface area contributed by atoms with E-state index in [1.165, 1.54) is 0 Å². The molecule has 1 aliphatic rings. The summed E-state index contributed by atoms with van der Waals surface area (Å²) < 4.78 is 0. The quantitative estimate of drug-likeness (QED) is 0.721. The molecule has 1 fully saturated rings. The van der Waals surface area contributed by atoms with E-state index in [4.69, 9.17) is 5.73 Å². The van der Waals surface area contributed by atoms with Crippen molar-refractivity contribution in [2.24, 2.45) is 11.7 Å². The molecule has 0 radical (unpaired) electrons. The zero-order valence-electron chi connectivity index (χ0n) is 9.73. The lowest BCUT2D eigenvalue weighted by molar-refractivity contribution is -0.117. The van der Waals surface area contributed by atoms with Crippen molar-refractivity contribution in [3.8, 4) is 0 Å². The van der Waals surface area contributed by atoms with Crippen molar-refractivity contribution in [3.05, 3.63) is 29.8 Å². The maximum absolute atomic E-state index is 11.5. The molecule has 1 amide bonds. The third kappa shape index (κ3) is 3.28. The maximum Gasteiger partial charge on any atom is 0.227 e. The molecule has 1 aromatic rings. The minimum atomic E-state index is -0.520. The fraction of sp³-hybridized carbons (Fsp3) is 0.462. The van der Waals surface area contributed by atoms with Crippen molar-refractivity contribution in [3.63, 3.8) is 0 Å². The topological polar surface area (TPSA) is 75.3 Å². The van der Waals surface area contributed by atoms with Gasteiger partial charge in [-0.05, 0) is 43.5 Å². The normalized spacial score (nSPS) is 16.6. The number of carbonyl (C=O) groups excluding carboxylic acids is 1. The van der Waals surface area contributed by atoms with E-state index in [9.17, 15) is 9.90 Å². The number of carbonyl (C=O) groups is 1. The molecule has 17 heavy (non-hydrogen) atoms. The van der Waals surface area contributed by atoms with Gasteiger partial charge in [0.1, 0.15) is 0 Å². The first kappa shape index (κ1) is 12.1. The number of nitrogens with one attached hydrogen (secondary N) is 1. The first-order chi connectivity index (χ1) is 8.20. The van der Waals surface area contributed by atoms with Gasteiger partial charge in [0, 0.05) is 11.6 Å². The zero-order chi connectivity index (χ0) is 12.3. The highest BCUT2D eigenvalue weighted by Crippen LogP contribution is 2.30. The second-order valence-electron chi connectivity index (χ2n) is 4.48. The summed E-state index contributed by atoms with van der Waals surface area (Å²) in [4.78, 5) is 11.5. The number of amides is 1. The van der Waals surface area contributed by atoms with Crippen LogP contribution < -0.4 is 11.1 Å². The Morgan fingerprint density at radius 1 is 1.41 bits per heavy atom. The predicted molar refractivity (Wildman–Crippen MR) is 66.4 cm³/mol. The number of hydrogen-bond donors (Lipinski definition) is 3. The average Bonchev–Trinajstić information content (AvgIpc) is 3.14. The maximum atomic E-state index is 11.5. The summed E-state index contributed by atoms with van der Waals surface area (Å²) in [5.74, 6) is 0.303. The SMILES string of the molecule is NCCC(O)c1ccc(NC(=O)C2CC2)cc1. The van der Waals surface area contributed by atoms with Crippen LogP contribution in [0.4, 0.5) is 5.69 Å². The van der Waals surface area contributed by atoms with Gasteiger partial charge < -0.3 is 16.2 Å². The van der Waals surface area contributed by atoms with E-state index < -0.39 is 6.10 Å². The molecule has 1 aliphatic carbocycles. The van der Waals surface area contributed by atoms with Crippen molar-refractivity contribution < 1.29 is 9.90 Å². The third-order valence-corrected chi connectivity index (χ3v) is 2.95. The second-order valence-corrected chi connectivity index (χ2v) is 4.48. The van der Waals surface area contributed by atoms with E-state index >= 15 is 0 Å². The highest BCUT2D eigenvalue weighted by Gasteiger charge is 2.29. The highest BCUT2D eigenvalue weighted by molar-refractivity contribution is 5.93. The number of benzene rings is 1. The minimum Gasteiger partial charge on any atom is -0.388 e. The molecule has 1 atom stereocenters. The molecule has 0 spiro atoms. The number of aliphatic hydroxyl groups is 1. The van der Waals surface area contributed by atoms with Crippen LogP contribution in [-0.2, 0) is 4.79 Å². The lowest BCUT2D eigenvalue weighted by atomic mass is 10.1. The molecule has 92 valence electrons. The van der Waals surface area contributed by atoms with Gasteiger partial charge in [-0.15, -0.1) is 0 Å². The number of hydrogen-bond acceptors (Lipinski definition) is 3. The average molecular weight is 234 g/mol. The Kier molecular flexibility index (Phi) is 3.76. The molecule has 4 nitrogen and oxygen atoms in total. The molecule has 1 aromatic carbocycles. The lowest BCUT2D eigenvalue weighted by Crippen LogP contribution is -2.13. The molecular weight excluding hydrogens is 216 g/mol. The van der Waals surface area contributed by atoms with E-state index in [0.29, 0.717) is 13.0 Å². The van der Waals surface area contributed by atoms with Gasteiger partial charge in [0.25, 0.3) is 0 Å². The van der Waals surface area contributed by atoms with E-state index in [1.807, 2.05) is 24.3 Å². The van der Waals surface area contributed by atoms with Crippen LogP contribution >= 0.6 is 0 Å². The summed E-state index contributed by atoms with van der Waals surface area (Å²) in [6.07, 6.45) is 2.03. The predicted octanol–water partition coefficient (Wildman–Crippen LogP) is 1.42. The van der Waals surface area contributed by atoms with Gasteiger partial charge in [-0.2, -0.15) is 0 Å². The molecule has 0 aliphatic heterocycles. The van der Waals surface area contributed by atoms with Crippen LogP contribution in [0.15, 0.2) is 24.3 Å². The standard InChI is InChI=1S/C13H18N2O2/c14-8-7-12(16)9-3-5-11(6-4-9)15-13(17)10-1-2-10/h3-6,10,12,16H,1-2,7-8,14H2,(H,15,17). The van der Waals surface area contributed by atoms with E-state index in [1.54, 1.807) is 0 Å². The number of nitrogens with two attached hydrogens (primary N) is 1. The van der Waals surface area contributed by atoms with Gasteiger partial charge in [-0.25, -0.2) is 0 Å². The Morgan fingerprint density at radius 3 is 2.59 bits per heavy atom. The van der Waals surface area contributed by atoms with Crippen molar-refractivity contribution in [1.29, 1.82) is 0 Å². The van der Waals surface area contributed by atoms with E-state index in [2.05, 4.69) is 5.32 Å². The smallest absolute Gasteiger partial charge is 0.227 e. The van der Waals surface area contributed by atoms with Crippen LogP contribution in [0.1, 0.15) is 30.9 Å². The second kappa shape index (κ2) is 5.29. The Labute approximate surface area is 101 Å². The molecule has 4 N–H and O–H groups in total. The van der Waals surface area contributed by atoms with Crippen LogP contribution in [0, 0.1) is 5.92 Å². The lowest BCUT2D eigenvalue weighted by Gasteiger charge is -2.10. The summed E-state index contributed by atoms with van der Waals surface area (Å²) in [5, 5.41) is 12.6. The van der Waals surface area contributed by atoms with Crippen molar-refractivity contribution in [1.82, 2.24) is 0 Å². The van der Waals surface area contributed by atoms with Gasteiger partial charge in [0.15, 0.2) is 0 Å². The van der Waals surface area contributed by atoms with Gasteiger partial charge in [-0.3, -0.25) is 4.79 Å². The monoisotopic (exact) mass is 234 g/mol. The third-order valence-electron chi connectivity index (χ3n) is 2.95. The number of aliphatic hydroxyl groups excluding tert-OH is 1. The molecule has 1 saturated carbocycles. The zero-order valence-corrected chi connectivity index (χ0v) is 9.73. The first-order valence-electron chi connectivity index (χ1n) is 5.99. The van der Waals surface area contributed by atoms with Gasteiger partial charge in [0.2, 0.25) is 5.91 Å². The Bertz CT molecular complexity index is 385. The van der Waals surface area contributed by atoms with Crippen LogP contribution in [0.2, 0.25) is 0 Å². The van der Waals surface area contributed by atoms with Gasteiger partial charge in [0.05, 0.1) is 6.10 Å². The van der Waals surface area contributed by atoms with Crippen molar-refractivity contribution >= 4 is 11.6 Å². The van der Waals surface area contributed by atoms with Crippen LogP contribution in [0.25, 0.3) is 0 Å². The van der Waals surface area contributed by atoms with Crippen LogP contribution in [-0.4, -0.2) is 17.6 Å². The summed E-state index contributed by atoms with van der Waals surface area (Å²) in [6.45, 7) is 0.460. The molecule has 0 heterocycles. The van der Waals surface area contributed by atoms with E-state index in [-0.39, 0.29) is 11.8 Å². The number of rotatable bonds is 5. The minimum absolute atomic E-state index is 0.0975. The molecule has 0 aromatic heterocycles. The van der Waals surface area contributed by atoms with Gasteiger partial charge >= 0.3 is 0 Å². The molecule has 0 saturated heterocycles. The Hall–Kier alpha value is -1.39. The molecule has 4 heteroatoms. The molecule has 1 unspecified atom stereocenters. The largest absolute Gasteiger partial charge is 0.388 e. The highest BCUT2D eigenvalue weighted by atomic mass is 16.3. The van der Waals surface area contributed by atoms with Crippen molar-refractivity contribution in [2.75, 3.05) is 11.9 Å². The summed E-state index contributed by atoms with van der Waals surface area (Å²) in [5.41, 5.74) is 7.00. The number of anilines is 1. The molecule has 2 rings (SSSR count). The summed E-state index contributed by atoms with van der Waals surface area (Å²) in [6, 6.07) is 7.27.